The predicted molar refractivity (Wildman–Crippen MR) is 60.5 cm³/mol. The van der Waals surface area contributed by atoms with Crippen LogP contribution in [0, 0.1) is 16.7 Å². The zero-order valence-corrected chi connectivity index (χ0v) is 9.66. The first-order valence-electron chi connectivity index (χ1n) is 5.63. The van der Waals surface area contributed by atoms with Crippen molar-refractivity contribution in [3.8, 4) is 6.07 Å². The van der Waals surface area contributed by atoms with Crippen LogP contribution in [0.2, 0.25) is 0 Å². The largest absolute Gasteiger partial charge is 0.381 e. The molecule has 0 aliphatic carbocycles. The zero-order chi connectivity index (χ0) is 11.9. The van der Waals surface area contributed by atoms with E-state index in [4.69, 9.17) is 10.00 Å². The first-order chi connectivity index (χ1) is 7.75. The van der Waals surface area contributed by atoms with Crippen LogP contribution in [0.1, 0.15) is 26.2 Å². The van der Waals surface area contributed by atoms with E-state index in [2.05, 4.69) is 11.4 Å². The smallest absolute Gasteiger partial charge is 0.240 e. The standard InChI is InChI=1S/C12H18N2O2/c1-2-3-4-7-14-11(15)12(10-13)5-8-16-9-6-12/h2-3H,4-9H2,1H3,(H,14,15)/b3-2+. The minimum absolute atomic E-state index is 0.150. The van der Waals surface area contributed by atoms with Gasteiger partial charge in [0.1, 0.15) is 5.41 Å². The van der Waals surface area contributed by atoms with Gasteiger partial charge in [0.25, 0.3) is 0 Å². The molecule has 1 saturated heterocycles. The molecule has 0 aromatic rings. The highest BCUT2D eigenvalue weighted by Crippen LogP contribution is 2.29. The van der Waals surface area contributed by atoms with Crippen LogP contribution in [0.4, 0.5) is 0 Å². The normalized spacial score (nSPS) is 19.2. The molecule has 0 saturated carbocycles. The fraction of sp³-hybridized carbons (Fsp3) is 0.667. The van der Waals surface area contributed by atoms with Gasteiger partial charge in [0, 0.05) is 19.8 Å². The highest BCUT2D eigenvalue weighted by Gasteiger charge is 2.40. The number of nitrogens with one attached hydrogen (secondary N) is 1. The van der Waals surface area contributed by atoms with E-state index in [0.29, 0.717) is 32.6 Å². The number of ether oxygens (including phenoxy) is 1. The topological polar surface area (TPSA) is 62.1 Å². The van der Waals surface area contributed by atoms with Gasteiger partial charge in [-0.15, -0.1) is 0 Å². The van der Waals surface area contributed by atoms with Crippen molar-refractivity contribution in [1.82, 2.24) is 5.32 Å². The monoisotopic (exact) mass is 222 g/mol. The molecule has 0 spiro atoms. The van der Waals surface area contributed by atoms with E-state index in [1.54, 1.807) is 0 Å². The number of rotatable bonds is 4. The molecule has 0 aromatic heterocycles. The average molecular weight is 222 g/mol. The second-order valence-electron chi connectivity index (χ2n) is 3.92. The van der Waals surface area contributed by atoms with E-state index in [-0.39, 0.29) is 5.91 Å². The zero-order valence-electron chi connectivity index (χ0n) is 9.66. The summed E-state index contributed by atoms with van der Waals surface area (Å²) in [5, 5.41) is 11.9. The fourth-order valence-electron chi connectivity index (χ4n) is 1.71. The van der Waals surface area contributed by atoms with Crippen LogP contribution in [-0.4, -0.2) is 25.7 Å². The summed E-state index contributed by atoms with van der Waals surface area (Å²) in [6.45, 7) is 3.52. The molecule has 4 heteroatoms. The van der Waals surface area contributed by atoms with Gasteiger partial charge < -0.3 is 10.1 Å². The molecule has 1 amide bonds. The lowest BCUT2D eigenvalue weighted by atomic mass is 9.81. The van der Waals surface area contributed by atoms with Crippen molar-refractivity contribution in [2.45, 2.75) is 26.2 Å². The number of carbonyl (C=O) groups excluding carboxylic acids is 1. The molecule has 0 aromatic carbocycles. The van der Waals surface area contributed by atoms with E-state index < -0.39 is 5.41 Å². The van der Waals surface area contributed by atoms with Crippen molar-refractivity contribution in [3.05, 3.63) is 12.2 Å². The van der Waals surface area contributed by atoms with Crippen molar-refractivity contribution >= 4 is 5.91 Å². The third-order valence-electron chi connectivity index (χ3n) is 2.83. The lowest BCUT2D eigenvalue weighted by molar-refractivity contribution is -0.132. The van der Waals surface area contributed by atoms with Crippen molar-refractivity contribution in [2.24, 2.45) is 5.41 Å². The Bertz CT molecular complexity index is 299. The van der Waals surface area contributed by atoms with E-state index in [9.17, 15) is 4.79 Å². The summed E-state index contributed by atoms with van der Waals surface area (Å²) in [6, 6.07) is 2.15. The maximum atomic E-state index is 11.9. The quantitative estimate of drug-likeness (QED) is 0.577. The third kappa shape index (κ3) is 3.07. The van der Waals surface area contributed by atoms with E-state index in [1.165, 1.54) is 0 Å². The molecule has 1 aliphatic rings. The minimum Gasteiger partial charge on any atom is -0.381 e. The number of nitrogens with zero attached hydrogens (tertiary/aromatic N) is 1. The van der Waals surface area contributed by atoms with Crippen LogP contribution in [0.15, 0.2) is 12.2 Å². The van der Waals surface area contributed by atoms with Crippen molar-refractivity contribution < 1.29 is 9.53 Å². The molecule has 1 heterocycles. The second-order valence-corrected chi connectivity index (χ2v) is 3.92. The summed E-state index contributed by atoms with van der Waals surface area (Å²) in [5.41, 5.74) is -0.867. The summed E-state index contributed by atoms with van der Waals surface area (Å²) < 4.78 is 5.18. The van der Waals surface area contributed by atoms with Gasteiger partial charge in [0.2, 0.25) is 5.91 Å². The Labute approximate surface area is 96.3 Å². The van der Waals surface area contributed by atoms with Crippen LogP contribution in [-0.2, 0) is 9.53 Å². The summed E-state index contributed by atoms with van der Waals surface area (Å²) in [6.07, 6.45) is 5.74. The molecule has 16 heavy (non-hydrogen) atoms. The van der Waals surface area contributed by atoms with Gasteiger partial charge in [-0.1, -0.05) is 12.2 Å². The number of nitriles is 1. The number of hydrogen-bond acceptors (Lipinski definition) is 3. The van der Waals surface area contributed by atoms with Gasteiger partial charge in [0.15, 0.2) is 0 Å². The first kappa shape index (κ1) is 12.7. The predicted octanol–water partition coefficient (Wildman–Crippen LogP) is 1.39. The number of carbonyl (C=O) groups is 1. The summed E-state index contributed by atoms with van der Waals surface area (Å²) >= 11 is 0. The van der Waals surface area contributed by atoms with Gasteiger partial charge in [0.05, 0.1) is 6.07 Å². The van der Waals surface area contributed by atoms with E-state index in [0.717, 1.165) is 6.42 Å². The van der Waals surface area contributed by atoms with Crippen molar-refractivity contribution in [1.29, 1.82) is 5.26 Å². The first-order valence-corrected chi connectivity index (χ1v) is 5.63. The Morgan fingerprint density at radius 1 is 1.56 bits per heavy atom. The van der Waals surface area contributed by atoms with Crippen LogP contribution in [0.25, 0.3) is 0 Å². The van der Waals surface area contributed by atoms with Gasteiger partial charge in [-0.3, -0.25) is 4.79 Å². The molecular formula is C12H18N2O2. The summed E-state index contributed by atoms with van der Waals surface area (Å²) in [4.78, 5) is 11.9. The molecule has 1 rings (SSSR count). The maximum absolute atomic E-state index is 11.9. The van der Waals surface area contributed by atoms with Crippen molar-refractivity contribution in [3.63, 3.8) is 0 Å². The third-order valence-corrected chi connectivity index (χ3v) is 2.83. The molecule has 0 bridgehead atoms. The minimum atomic E-state index is -0.867. The molecule has 0 radical (unpaired) electrons. The SMILES string of the molecule is C/C=C/CCNC(=O)C1(C#N)CCOCC1. The lowest BCUT2D eigenvalue weighted by Gasteiger charge is -2.29. The van der Waals surface area contributed by atoms with Crippen LogP contribution in [0.3, 0.4) is 0 Å². The van der Waals surface area contributed by atoms with Crippen molar-refractivity contribution in [2.75, 3.05) is 19.8 Å². The fourth-order valence-corrected chi connectivity index (χ4v) is 1.71. The number of amides is 1. The van der Waals surface area contributed by atoms with Gasteiger partial charge in [-0.2, -0.15) is 5.26 Å². The number of allylic oxidation sites excluding steroid dienone is 1. The molecule has 1 N–H and O–H groups in total. The van der Waals surface area contributed by atoms with Gasteiger partial charge in [-0.25, -0.2) is 0 Å². The molecule has 4 nitrogen and oxygen atoms in total. The Hall–Kier alpha value is -1.34. The van der Waals surface area contributed by atoms with Gasteiger partial charge in [-0.05, 0) is 26.2 Å². The molecule has 0 atom stereocenters. The Balaban J connectivity index is 2.46. The summed E-state index contributed by atoms with van der Waals surface area (Å²) in [7, 11) is 0. The van der Waals surface area contributed by atoms with Crippen LogP contribution in [0.5, 0.6) is 0 Å². The molecule has 88 valence electrons. The summed E-state index contributed by atoms with van der Waals surface area (Å²) in [5.74, 6) is -0.150. The highest BCUT2D eigenvalue weighted by molar-refractivity contribution is 5.85. The van der Waals surface area contributed by atoms with Crippen LogP contribution < -0.4 is 5.32 Å². The molecule has 1 aliphatic heterocycles. The Kier molecular flexibility index (Phi) is 5.00. The van der Waals surface area contributed by atoms with Gasteiger partial charge >= 0.3 is 0 Å². The van der Waals surface area contributed by atoms with E-state index in [1.807, 2.05) is 19.1 Å². The molecular weight excluding hydrogens is 204 g/mol. The van der Waals surface area contributed by atoms with E-state index >= 15 is 0 Å². The highest BCUT2D eigenvalue weighted by atomic mass is 16.5. The molecule has 1 fully saturated rings. The van der Waals surface area contributed by atoms with Crippen LogP contribution >= 0.6 is 0 Å². The number of hydrogen-bond donors (Lipinski definition) is 1. The molecule has 0 unspecified atom stereocenters. The Morgan fingerprint density at radius 3 is 2.81 bits per heavy atom. The second kappa shape index (κ2) is 6.29. The Morgan fingerprint density at radius 2 is 2.25 bits per heavy atom. The average Bonchev–Trinajstić information content (AvgIpc) is 2.35. The lowest BCUT2D eigenvalue weighted by Crippen LogP contribution is -2.44. The maximum Gasteiger partial charge on any atom is 0.240 e.